The number of aromatic nitrogens is 1. The molecule has 1 unspecified atom stereocenters. The summed E-state index contributed by atoms with van der Waals surface area (Å²) in [4.78, 5) is 27.5. The number of carboxylic acid groups (broad SMARTS) is 1. The van der Waals surface area contributed by atoms with E-state index in [4.69, 9.17) is 0 Å². The van der Waals surface area contributed by atoms with Crippen molar-refractivity contribution in [3.05, 3.63) is 28.5 Å². The van der Waals surface area contributed by atoms with E-state index in [-0.39, 0.29) is 11.6 Å². The van der Waals surface area contributed by atoms with Crippen LogP contribution in [0.25, 0.3) is 0 Å². The maximum atomic E-state index is 12.2. The first kappa shape index (κ1) is 15.0. The fraction of sp³-hybridized carbons (Fsp3) is 0.500. The van der Waals surface area contributed by atoms with E-state index in [9.17, 15) is 14.7 Å². The highest BCUT2D eigenvalue weighted by molar-refractivity contribution is 9.10. The van der Waals surface area contributed by atoms with E-state index in [1.807, 2.05) is 0 Å². The molecule has 2 rings (SSSR count). The molecule has 1 aromatic heterocycles. The van der Waals surface area contributed by atoms with Gasteiger partial charge >= 0.3 is 5.97 Å². The highest BCUT2D eigenvalue weighted by Gasteiger charge is 2.31. The largest absolute Gasteiger partial charge is 0.480 e. The van der Waals surface area contributed by atoms with Gasteiger partial charge in [-0.3, -0.25) is 4.79 Å². The van der Waals surface area contributed by atoms with Crippen LogP contribution in [0.15, 0.2) is 22.8 Å². The molecule has 1 saturated carbocycles. The van der Waals surface area contributed by atoms with Crippen molar-refractivity contribution in [2.75, 3.05) is 0 Å². The summed E-state index contributed by atoms with van der Waals surface area (Å²) in [7, 11) is 0. The van der Waals surface area contributed by atoms with Crippen LogP contribution < -0.4 is 5.32 Å². The molecule has 108 valence electrons. The lowest BCUT2D eigenvalue weighted by Gasteiger charge is -2.27. The molecule has 1 aliphatic carbocycles. The fourth-order valence-corrected chi connectivity index (χ4v) is 3.05. The normalized spacial score (nSPS) is 17.4. The molecule has 0 spiro atoms. The van der Waals surface area contributed by atoms with Crippen LogP contribution >= 0.6 is 15.9 Å². The first-order valence-electron chi connectivity index (χ1n) is 6.74. The van der Waals surface area contributed by atoms with Crippen molar-refractivity contribution in [2.24, 2.45) is 5.92 Å². The van der Waals surface area contributed by atoms with Crippen molar-refractivity contribution in [2.45, 2.75) is 38.1 Å². The Kier molecular flexibility index (Phi) is 5.11. The zero-order valence-electron chi connectivity index (χ0n) is 11.0. The highest BCUT2D eigenvalue weighted by atomic mass is 79.9. The SMILES string of the molecule is O=C(NC(C(=O)O)C1CCCCC1)c1ncccc1Br. The van der Waals surface area contributed by atoms with Crippen molar-refractivity contribution in [3.8, 4) is 0 Å². The predicted octanol–water partition coefficient (Wildman–Crippen LogP) is 2.61. The molecule has 0 bridgehead atoms. The van der Waals surface area contributed by atoms with E-state index in [0.717, 1.165) is 32.1 Å². The van der Waals surface area contributed by atoms with Crippen LogP contribution in [0.5, 0.6) is 0 Å². The van der Waals surface area contributed by atoms with Crippen molar-refractivity contribution in [1.82, 2.24) is 10.3 Å². The number of nitrogens with zero attached hydrogens (tertiary/aromatic N) is 1. The van der Waals surface area contributed by atoms with Crippen LogP contribution in [0.4, 0.5) is 0 Å². The van der Waals surface area contributed by atoms with E-state index in [1.165, 1.54) is 6.20 Å². The number of hydrogen-bond acceptors (Lipinski definition) is 3. The van der Waals surface area contributed by atoms with Gasteiger partial charge in [-0.05, 0) is 46.8 Å². The molecule has 2 N–H and O–H groups in total. The minimum Gasteiger partial charge on any atom is -0.480 e. The molecular formula is C14H17BrN2O3. The number of amides is 1. The van der Waals surface area contributed by atoms with E-state index in [2.05, 4.69) is 26.2 Å². The van der Waals surface area contributed by atoms with Gasteiger partial charge in [-0.1, -0.05) is 19.3 Å². The summed E-state index contributed by atoms with van der Waals surface area (Å²) in [5, 5.41) is 12.0. The smallest absolute Gasteiger partial charge is 0.326 e. The molecule has 0 aromatic carbocycles. The van der Waals surface area contributed by atoms with Gasteiger partial charge in [-0.15, -0.1) is 0 Å². The van der Waals surface area contributed by atoms with Crippen LogP contribution in [0.3, 0.4) is 0 Å². The summed E-state index contributed by atoms with van der Waals surface area (Å²) in [6, 6.07) is 2.58. The molecule has 1 heterocycles. The Labute approximate surface area is 125 Å². The van der Waals surface area contributed by atoms with Gasteiger partial charge in [0.25, 0.3) is 5.91 Å². The second kappa shape index (κ2) is 6.83. The number of nitrogens with one attached hydrogen (secondary N) is 1. The van der Waals surface area contributed by atoms with Crippen molar-refractivity contribution >= 4 is 27.8 Å². The Morgan fingerprint density at radius 2 is 2.05 bits per heavy atom. The summed E-state index contributed by atoms with van der Waals surface area (Å²) in [5.41, 5.74) is 0.217. The van der Waals surface area contributed by atoms with E-state index in [1.54, 1.807) is 12.1 Å². The molecule has 1 fully saturated rings. The van der Waals surface area contributed by atoms with Crippen LogP contribution in [-0.2, 0) is 4.79 Å². The second-order valence-corrected chi connectivity index (χ2v) is 5.88. The first-order valence-corrected chi connectivity index (χ1v) is 7.53. The van der Waals surface area contributed by atoms with Crippen LogP contribution in [0.1, 0.15) is 42.6 Å². The van der Waals surface area contributed by atoms with Crippen molar-refractivity contribution in [3.63, 3.8) is 0 Å². The lowest BCUT2D eigenvalue weighted by molar-refractivity contribution is -0.141. The zero-order chi connectivity index (χ0) is 14.5. The number of pyridine rings is 1. The molecular weight excluding hydrogens is 324 g/mol. The number of hydrogen-bond donors (Lipinski definition) is 2. The van der Waals surface area contributed by atoms with Crippen molar-refractivity contribution < 1.29 is 14.7 Å². The topological polar surface area (TPSA) is 79.3 Å². The molecule has 0 radical (unpaired) electrons. The maximum absolute atomic E-state index is 12.2. The third-order valence-corrected chi connectivity index (χ3v) is 4.29. The first-order chi connectivity index (χ1) is 9.59. The van der Waals surface area contributed by atoms with Gasteiger partial charge in [0.1, 0.15) is 11.7 Å². The molecule has 1 aliphatic rings. The maximum Gasteiger partial charge on any atom is 0.326 e. The Morgan fingerprint density at radius 1 is 1.35 bits per heavy atom. The summed E-state index contributed by atoms with van der Waals surface area (Å²) >= 11 is 3.25. The van der Waals surface area contributed by atoms with Crippen molar-refractivity contribution in [1.29, 1.82) is 0 Å². The lowest BCUT2D eigenvalue weighted by Crippen LogP contribution is -2.46. The Hall–Kier alpha value is -1.43. The molecule has 20 heavy (non-hydrogen) atoms. The fourth-order valence-electron chi connectivity index (χ4n) is 2.61. The number of carbonyl (C=O) groups excluding carboxylic acids is 1. The van der Waals surface area contributed by atoms with Gasteiger partial charge in [0.15, 0.2) is 0 Å². The van der Waals surface area contributed by atoms with Gasteiger partial charge in [-0.25, -0.2) is 9.78 Å². The summed E-state index contributed by atoms with van der Waals surface area (Å²) < 4.78 is 0.560. The molecule has 0 saturated heterocycles. The number of halogens is 1. The van der Waals surface area contributed by atoms with E-state index in [0.29, 0.717) is 4.47 Å². The standard InChI is InChI=1S/C14H17BrN2O3/c15-10-7-4-8-16-12(10)13(18)17-11(14(19)20)9-5-2-1-3-6-9/h4,7-9,11H,1-3,5-6H2,(H,17,18)(H,19,20). The van der Waals surface area contributed by atoms with Gasteiger partial charge in [0.05, 0.1) is 0 Å². The lowest BCUT2D eigenvalue weighted by atomic mass is 9.84. The predicted molar refractivity (Wildman–Crippen MR) is 77.4 cm³/mol. The third kappa shape index (κ3) is 3.56. The monoisotopic (exact) mass is 340 g/mol. The summed E-state index contributed by atoms with van der Waals surface area (Å²) in [6.07, 6.45) is 6.40. The Bertz CT molecular complexity index is 501. The van der Waals surface area contributed by atoms with Crippen LogP contribution in [0.2, 0.25) is 0 Å². The molecule has 0 aliphatic heterocycles. The molecule has 6 heteroatoms. The molecule has 1 amide bonds. The summed E-state index contributed by atoms with van der Waals surface area (Å²) in [5.74, 6) is -1.42. The quantitative estimate of drug-likeness (QED) is 0.882. The average Bonchev–Trinajstić information content (AvgIpc) is 2.45. The van der Waals surface area contributed by atoms with Gasteiger partial charge in [0.2, 0.25) is 0 Å². The van der Waals surface area contributed by atoms with Gasteiger partial charge in [0, 0.05) is 10.7 Å². The van der Waals surface area contributed by atoms with Gasteiger partial charge in [-0.2, -0.15) is 0 Å². The number of aliphatic carboxylic acids is 1. The average molecular weight is 341 g/mol. The second-order valence-electron chi connectivity index (χ2n) is 5.02. The van der Waals surface area contributed by atoms with Crippen LogP contribution in [-0.4, -0.2) is 28.0 Å². The number of carboxylic acids is 1. The Balaban J connectivity index is 2.10. The zero-order valence-corrected chi connectivity index (χ0v) is 12.6. The summed E-state index contributed by atoms with van der Waals surface area (Å²) in [6.45, 7) is 0. The molecule has 5 nitrogen and oxygen atoms in total. The van der Waals surface area contributed by atoms with Crippen LogP contribution in [0, 0.1) is 5.92 Å². The minimum atomic E-state index is -0.975. The minimum absolute atomic E-state index is 0.00712. The molecule has 1 atom stereocenters. The number of rotatable bonds is 4. The highest BCUT2D eigenvalue weighted by Crippen LogP contribution is 2.27. The van der Waals surface area contributed by atoms with E-state index >= 15 is 0 Å². The van der Waals surface area contributed by atoms with E-state index < -0.39 is 17.9 Å². The molecule has 1 aromatic rings. The third-order valence-electron chi connectivity index (χ3n) is 3.65. The van der Waals surface area contributed by atoms with Gasteiger partial charge < -0.3 is 10.4 Å². The number of carbonyl (C=O) groups is 2. The Morgan fingerprint density at radius 3 is 2.65 bits per heavy atom.